The molecule has 3 N–H and O–H groups in total. The second-order valence-electron chi connectivity index (χ2n) is 6.43. The number of thioether (sulfide) groups is 1. The lowest BCUT2D eigenvalue weighted by Gasteiger charge is -2.08. The quantitative estimate of drug-likeness (QED) is 0.510. The number of hydrogen-bond donors (Lipinski definition) is 2. The molecule has 0 fully saturated rings. The van der Waals surface area contributed by atoms with Crippen LogP contribution in [-0.2, 0) is 27.9 Å². The highest BCUT2D eigenvalue weighted by molar-refractivity contribution is 7.99. The molecule has 0 bridgehead atoms. The zero-order chi connectivity index (χ0) is 21.0. The van der Waals surface area contributed by atoms with Gasteiger partial charge in [-0.3, -0.25) is 4.79 Å². The van der Waals surface area contributed by atoms with Crippen molar-refractivity contribution in [3.8, 4) is 0 Å². The molecule has 29 heavy (non-hydrogen) atoms. The van der Waals surface area contributed by atoms with E-state index >= 15 is 0 Å². The molecule has 3 rings (SSSR count). The van der Waals surface area contributed by atoms with Gasteiger partial charge in [-0.25, -0.2) is 18.5 Å². The fourth-order valence-corrected chi connectivity index (χ4v) is 4.36. The Hall–Kier alpha value is -2.07. The highest BCUT2D eigenvalue weighted by Crippen LogP contribution is 2.26. The van der Waals surface area contributed by atoms with Crippen molar-refractivity contribution in [1.82, 2.24) is 14.9 Å². The SMILES string of the molecule is CCCn1c(SCC(=O)NCc2ccc(S(N)(=O)=O)cc2)nc2cc(Cl)ccc21. The van der Waals surface area contributed by atoms with E-state index in [0.717, 1.165) is 34.7 Å². The average Bonchev–Trinajstić information content (AvgIpc) is 3.01. The number of nitrogens with zero attached hydrogens (tertiary/aromatic N) is 2. The summed E-state index contributed by atoms with van der Waals surface area (Å²) in [5.74, 6) is 0.0782. The van der Waals surface area contributed by atoms with E-state index in [2.05, 4.69) is 21.8 Å². The van der Waals surface area contributed by atoms with Gasteiger partial charge in [-0.1, -0.05) is 42.4 Å². The average molecular weight is 453 g/mol. The maximum Gasteiger partial charge on any atom is 0.238 e. The number of halogens is 1. The van der Waals surface area contributed by atoms with Gasteiger partial charge < -0.3 is 9.88 Å². The van der Waals surface area contributed by atoms with Crippen LogP contribution in [0.2, 0.25) is 5.02 Å². The number of aromatic nitrogens is 2. The van der Waals surface area contributed by atoms with Crippen molar-refractivity contribution in [2.75, 3.05) is 5.75 Å². The number of nitrogens with one attached hydrogen (secondary N) is 1. The molecule has 0 unspecified atom stereocenters. The molecule has 10 heteroatoms. The zero-order valence-electron chi connectivity index (χ0n) is 15.8. The van der Waals surface area contributed by atoms with E-state index in [9.17, 15) is 13.2 Å². The van der Waals surface area contributed by atoms with Crippen LogP contribution in [0.3, 0.4) is 0 Å². The molecule has 1 aromatic heterocycles. The molecular weight excluding hydrogens is 432 g/mol. The smallest absolute Gasteiger partial charge is 0.238 e. The van der Waals surface area contributed by atoms with Crippen LogP contribution in [0.1, 0.15) is 18.9 Å². The third kappa shape index (κ3) is 5.51. The Labute approximate surface area is 178 Å². The van der Waals surface area contributed by atoms with Crippen molar-refractivity contribution in [2.45, 2.75) is 36.5 Å². The van der Waals surface area contributed by atoms with Crippen LogP contribution < -0.4 is 10.5 Å². The highest BCUT2D eigenvalue weighted by Gasteiger charge is 2.13. The summed E-state index contributed by atoms with van der Waals surface area (Å²) in [4.78, 5) is 16.9. The van der Waals surface area contributed by atoms with E-state index in [1.165, 1.54) is 23.9 Å². The largest absolute Gasteiger partial charge is 0.351 e. The Bertz CT molecular complexity index is 1130. The van der Waals surface area contributed by atoms with E-state index in [4.69, 9.17) is 16.7 Å². The van der Waals surface area contributed by atoms with Crippen LogP contribution in [0.25, 0.3) is 11.0 Å². The number of primary sulfonamides is 1. The van der Waals surface area contributed by atoms with Crippen LogP contribution in [0, 0.1) is 0 Å². The van der Waals surface area contributed by atoms with Crippen LogP contribution in [-0.4, -0.2) is 29.6 Å². The Morgan fingerprint density at radius 2 is 1.97 bits per heavy atom. The van der Waals surface area contributed by atoms with Gasteiger partial charge in [-0.05, 0) is 42.3 Å². The second-order valence-corrected chi connectivity index (χ2v) is 9.37. The summed E-state index contributed by atoms with van der Waals surface area (Å²) in [6.07, 6.45) is 0.947. The van der Waals surface area contributed by atoms with Crippen LogP contribution >= 0.6 is 23.4 Å². The lowest BCUT2D eigenvalue weighted by atomic mass is 10.2. The maximum atomic E-state index is 12.2. The third-order valence-electron chi connectivity index (χ3n) is 4.20. The van der Waals surface area contributed by atoms with Crippen molar-refractivity contribution in [3.05, 3.63) is 53.1 Å². The molecule has 7 nitrogen and oxygen atoms in total. The zero-order valence-corrected chi connectivity index (χ0v) is 18.1. The highest BCUT2D eigenvalue weighted by atomic mass is 35.5. The summed E-state index contributed by atoms with van der Waals surface area (Å²) in [6.45, 7) is 3.19. The van der Waals surface area contributed by atoms with Gasteiger partial charge in [0.05, 0.1) is 21.7 Å². The number of benzene rings is 2. The Balaban J connectivity index is 1.61. The Morgan fingerprint density at radius 3 is 2.62 bits per heavy atom. The van der Waals surface area contributed by atoms with Crippen LogP contribution in [0.4, 0.5) is 0 Å². The van der Waals surface area contributed by atoms with Gasteiger partial charge in [0.1, 0.15) is 0 Å². The number of aryl methyl sites for hydroxylation is 1. The summed E-state index contributed by atoms with van der Waals surface area (Å²) in [5.41, 5.74) is 2.58. The molecule has 3 aromatic rings. The number of carbonyl (C=O) groups is 1. The lowest BCUT2D eigenvalue weighted by molar-refractivity contribution is -0.118. The molecule has 0 aliphatic carbocycles. The Morgan fingerprint density at radius 1 is 1.24 bits per heavy atom. The monoisotopic (exact) mass is 452 g/mol. The third-order valence-corrected chi connectivity index (χ3v) is 6.34. The summed E-state index contributed by atoms with van der Waals surface area (Å²) in [7, 11) is -3.72. The molecule has 0 aliphatic heterocycles. The van der Waals surface area contributed by atoms with Gasteiger partial charge in [0.2, 0.25) is 15.9 Å². The van der Waals surface area contributed by atoms with Gasteiger partial charge in [-0.2, -0.15) is 0 Å². The van der Waals surface area contributed by atoms with Crippen molar-refractivity contribution >= 4 is 50.3 Å². The number of amides is 1. The molecule has 0 aliphatic rings. The molecule has 0 spiro atoms. The minimum absolute atomic E-state index is 0.0399. The van der Waals surface area contributed by atoms with Crippen molar-refractivity contribution in [2.24, 2.45) is 5.14 Å². The maximum absolute atomic E-state index is 12.2. The predicted octanol–water partition coefficient (Wildman–Crippen LogP) is 3.16. The van der Waals surface area contributed by atoms with Crippen molar-refractivity contribution in [3.63, 3.8) is 0 Å². The van der Waals surface area contributed by atoms with Crippen molar-refractivity contribution in [1.29, 1.82) is 0 Å². The number of hydrogen-bond acceptors (Lipinski definition) is 5. The molecule has 0 saturated carbocycles. The number of fused-ring (bicyclic) bond motifs is 1. The molecule has 154 valence electrons. The second kappa shape index (κ2) is 9.17. The van der Waals surface area contributed by atoms with E-state index in [1.807, 2.05) is 18.2 Å². The topological polar surface area (TPSA) is 107 Å². The normalized spacial score (nSPS) is 11.7. The van der Waals surface area contributed by atoms with Crippen LogP contribution in [0.15, 0.2) is 52.5 Å². The molecule has 0 atom stereocenters. The first kappa shape index (κ1) is 21.6. The first-order valence-electron chi connectivity index (χ1n) is 8.95. The minimum atomic E-state index is -3.72. The van der Waals surface area contributed by atoms with Crippen molar-refractivity contribution < 1.29 is 13.2 Å². The molecule has 1 heterocycles. The molecular formula is C19H21ClN4O3S2. The summed E-state index contributed by atoms with van der Waals surface area (Å²) < 4.78 is 24.6. The first-order valence-corrected chi connectivity index (χ1v) is 11.9. The first-order chi connectivity index (χ1) is 13.8. The number of rotatable bonds is 8. The fraction of sp³-hybridized carbons (Fsp3) is 0.263. The molecule has 2 aromatic carbocycles. The number of sulfonamides is 1. The lowest BCUT2D eigenvalue weighted by Crippen LogP contribution is -2.24. The molecule has 0 saturated heterocycles. The summed E-state index contributed by atoms with van der Waals surface area (Å²) >= 11 is 7.43. The van der Waals surface area contributed by atoms with E-state index in [1.54, 1.807) is 12.1 Å². The summed E-state index contributed by atoms with van der Waals surface area (Å²) in [6, 6.07) is 11.7. The van der Waals surface area contributed by atoms with E-state index in [-0.39, 0.29) is 16.6 Å². The summed E-state index contributed by atoms with van der Waals surface area (Å²) in [5, 5.41) is 9.30. The number of nitrogens with two attached hydrogens (primary N) is 1. The van der Waals surface area contributed by atoms with Gasteiger partial charge in [0.15, 0.2) is 5.16 Å². The fourth-order valence-electron chi connectivity index (χ4n) is 2.81. The predicted molar refractivity (Wildman–Crippen MR) is 115 cm³/mol. The standard InChI is InChI=1S/C19H21ClN4O3S2/c1-2-9-24-17-8-5-14(20)10-16(17)23-19(24)28-12-18(25)22-11-13-3-6-15(7-4-13)29(21,26)27/h3-8,10H,2,9,11-12H2,1H3,(H,22,25)(H2,21,26,27). The van der Waals surface area contributed by atoms with Gasteiger partial charge in [0, 0.05) is 18.1 Å². The Kier molecular flexibility index (Phi) is 6.84. The van der Waals surface area contributed by atoms with Crippen LogP contribution in [0.5, 0.6) is 0 Å². The van der Waals surface area contributed by atoms with E-state index in [0.29, 0.717) is 11.6 Å². The van der Waals surface area contributed by atoms with Gasteiger partial charge >= 0.3 is 0 Å². The number of carbonyl (C=O) groups excluding carboxylic acids is 1. The number of imidazole rings is 1. The van der Waals surface area contributed by atoms with Gasteiger partial charge in [0.25, 0.3) is 0 Å². The molecule has 1 amide bonds. The van der Waals surface area contributed by atoms with Gasteiger partial charge in [-0.15, -0.1) is 0 Å². The van der Waals surface area contributed by atoms with E-state index < -0.39 is 10.0 Å². The minimum Gasteiger partial charge on any atom is -0.351 e. The molecule has 0 radical (unpaired) electrons.